The largest absolute Gasteiger partial charge is 0.372 e. The Balaban J connectivity index is 1.83. The van der Waals surface area contributed by atoms with Crippen LogP contribution in [0.3, 0.4) is 0 Å². The van der Waals surface area contributed by atoms with Gasteiger partial charge < -0.3 is 10.1 Å². The summed E-state index contributed by atoms with van der Waals surface area (Å²) >= 11 is 0. The predicted molar refractivity (Wildman–Crippen MR) is 80.2 cm³/mol. The van der Waals surface area contributed by atoms with Crippen molar-refractivity contribution in [3.05, 3.63) is 35.6 Å². The molecule has 0 amide bonds. The molecule has 0 radical (unpaired) electrons. The van der Waals surface area contributed by atoms with Crippen LogP contribution in [-0.4, -0.2) is 19.7 Å². The van der Waals surface area contributed by atoms with E-state index in [2.05, 4.69) is 12.2 Å². The highest BCUT2D eigenvalue weighted by atomic mass is 19.1. The first-order valence-electron chi connectivity index (χ1n) is 7.87. The molecule has 1 saturated carbocycles. The Bertz CT molecular complexity index is 375. The Labute approximate surface area is 121 Å². The molecule has 1 atom stereocenters. The van der Waals surface area contributed by atoms with E-state index < -0.39 is 0 Å². The molecule has 1 aliphatic carbocycles. The lowest BCUT2D eigenvalue weighted by atomic mass is 9.83. The van der Waals surface area contributed by atoms with Gasteiger partial charge in [-0.2, -0.15) is 0 Å². The third-order valence-corrected chi connectivity index (χ3v) is 4.07. The van der Waals surface area contributed by atoms with Gasteiger partial charge in [0.1, 0.15) is 5.82 Å². The van der Waals surface area contributed by atoms with Crippen molar-refractivity contribution in [1.29, 1.82) is 0 Å². The molecular weight excluding hydrogens is 253 g/mol. The highest BCUT2D eigenvalue weighted by molar-refractivity contribution is 5.19. The van der Waals surface area contributed by atoms with E-state index in [4.69, 9.17) is 4.74 Å². The lowest BCUT2D eigenvalue weighted by Crippen LogP contribution is -2.25. The molecule has 0 bridgehead atoms. The monoisotopic (exact) mass is 279 g/mol. The lowest BCUT2D eigenvalue weighted by molar-refractivity contribution is 0.0372. The van der Waals surface area contributed by atoms with E-state index in [0.717, 1.165) is 44.0 Å². The van der Waals surface area contributed by atoms with Gasteiger partial charge in [-0.3, -0.25) is 0 Å². The first kappa shape index (κ1) is 15.5. The van der Waals surface area contributed by atoms with Crippen molar-refractivity contribution in [1.82, 2.24) is 5.32 Å². The molecule has 1 aliphatic rings. The average Bonchev–Trinajstić information content (AvgIpc) is 2.41. The number of hydrogen-bond acceptors (Lipinski definition) is 2. The molecule has 1 unspecified atom stereocenters. The molecule has 1 N–H and O–H groups in total. The Morgan fingerprint density at radius 2 is 2.05 bits per heavy atom. The van der Waals surface area contributed by atoms with Gasteiger partial charge in [-0.25, -0.2) is 4.39 Å². The summed E-state index contributed by atoms with van der Waals surface area (Å²) < 4.78 is 19.0. The van der Waals surface area contributed by atoms with Crippen molar-refractivity contribution in [3.63, 3.8) is 0 Å². The molecule has 0 spiro atoms. The van der Waals surface area contributed by atoms with E-state index in [-0.39, 0.29) is 11.9 Å². The topological polar surface area (TPSA) is 21.3 Å². The minimum absolute atomic E-state index is 0.0298. The van der Waals surface area contributed by atoms with Crippen LogP contribution < -0.4 is 5.32 Å². The summed E-state index contributed by atoms with van der Waals surface area (Å²) in [6, 6.07) is 6.68. The van der Waals surface area contributed by atoms with Crippen molar-refractivity contribution >= 4 is 0 Å². The number of ether oxygens (including phenoxy) is 1. The van der Waals surface area contributed by atoms with Crippen molar-refractivity contribution in [2.75, 3.05) is 19.7 Å². The van der Waals surface area contributed by atoms with Crippen LogP contribution in [0.25, 0.3) is 0 Å². The quantitative estimate of drug-likeness (QED) is 0.688. The maximum atomic E-state index is 13.0. The van der Waals surface area contributed by atoms with Gasteiger partial charge in [0.05, 0.1) is 6.10 Å². The molecule has 3 heteroatoms. The van der Waals surface area contributed by atoms with E-state index in [1.807, 2.05) is 12.1 Å². The van der Waals surface area contributed by atoms with Gasteiger partial charge in [-0.15, -0.1) is 0 Å². The maximum absolute atomic E-state index is 13.0. The van der Waals surface area contributed by atoms with Gasteiger partial charge >= 0.3 is 0 Å². The molecule has 1 aromatic carbocycles. The molecule has 20 heavy (non-hydrogen) atoms. The fraction of sp³-hybridized carbons (Fsp3) is 0.647. The zero-order valence-electron chi connectivity index (χ0n) is 12.4. The maximum Gasteiger partial charge on any atom is 0.123 e. The first-order chi connectivity index (χ1) is 9.79. The third-order valence-electron chi connectivity index (χ3n) is 4.07. The van der Waals surface area contributed by atoms with Crippen molar-refractivity contribution in [2.24, 2.45) is 5.92 Å². The van der Waals surface area contributed by atoms with Gasteiger partial charge in [0, 0.05) is 13.2 Å². The van der Waals surface area contributed by atoms with Crippen LogP contribution in [0.5, 0.6) is 0 Å². The Hall–Kier alpha value is -0.930. The van der Waals surface area contributed by atoms with E-state index in [1.165, 1.54) is 31.4 Å². The minimum Gasteiger partial charge on any atom is -0.372 e. The summed E-state index contributed by atoms with van der Waals surface area (Å²) in [5.41, 5.74) is 1.06. The summed E-state index contributed by atoms with van der Waals surface area (Å²) in [5, 5.41) is 3.40. The highest BCUT2D eigenvalue weighted by Crippen LogP contribution is 2.30. The summed E-state index contributed by atoms with van der Waals surface area (Å²) in [5.74, 6) is 0.677. The SMILES string of the molecule is CCCNCC(OCCC1CCC1)c1ccc(F)cc1. The van der Waals surface area contributed by atoms with Crippen LogP contribution >= 0.6 is 0 Å². The Morgan fingerprint density at radius 1 is 1.30 bits per heavy atom. The molecule has 2 nitrogen and oxygen atoms in total. The van der Waals surface area contributed by atoms with Crippen molar-refractivity contribution in [3.8, 4) is 0 Å². The van der Waals surface area contributed by atoms with E-state index >= 15 is 0 Å². The summed E-state index contributed by atoms with van der Waals surface area (Å²) in [7, 11) is 0. The van der Waals surface area contributed by atoms with Crippen LogP contribution in [0.15, 0.2) is 24.3 Å². The van der Waals surface area contributed by atoms with Crippen LogP contribution in [0, 0.1) is 11.7 Å². The van der Waals surface area contributed by atoms with Gasteiger partial charge in [0.25, 0.3) is 0 Å². The molecule has 0 saturated heterocycles. The number of nitrogens with one attached hydrogen (secondary N) is 1. The number of rotatable bonds is 9. The second-order valence-electron chi connectivity index (χ2n) is 5.70. The predicted octanol–water partition coefficient (Wildman–Crippen LogP) is 4.07. The Morgan fingerprint density at radius 3 is 2.65 bits per heavy atom. The third kappa shape index (κ3) is 4.88. The molecule has 0 aromatic heterocycles. The molecule has 0 aliphatic heterocycles. The molecular formula is C17H26FNO. The highest BCUT2D eigenvalue weighted by Gasteiger charge is 2.18. The standard InChI is InChI=1S/C17H26FNO/c1-2-11-19-13-17(15-6-8-16(18)9-7-15)20-12-10-14-4-3-5-14/h6-9,14,17,19H,2-5,10-13H2,1H3. The molecule has 112 valence electrons. The number of hydrogen-bond donors (Lipinski definition) is 1. The zero-order valence-corrected chi connectivity index (χ0v) is 12.4. The first-order valence-corrected chi connectivity index (χ1v) is 7.87. The number of halogens is 1. The second-order valence-corrected chi connectivity index (χ2v) is 5.70. The van der Waals surface area contributed by atoms with Crippen LogP contribution in [0.2, 0.25) is 0 Å². The molecule has 2 rings (SSSR count). The van der Waals surface area contributed by atoms with Crippen LogP contribution in [-0.2, 0) is 4.74 Å². The summed E-state index contributed by atoms with van der Waals surface area (Å²) in [4.78, 5) is 0. The van der Waals surface area contributed by atoms with E-state index in [1.54, 1.807) is 0 Å². The van der Waals surface area contributed by atoms with Crippen molar-refractivity contribution in [2.45, 2.75) is 45.1 Å². The fourth-order valence-corrected chi connectivity index (χ4v) is 2.52. The van der Waals surface area contributed by atoms with E-state index in [9.17, 15) is 4.39 Å². The molecule has 1 fully saturated rings. The van der Waals surface area contributed by atoms with Gasteiger partial charge in [-0.1, -0.05) is 38.3 Å². The smallest absolute Gasteiger partial charge is 0.123 e. The normalized spacial score (nSPS) is 16.9. The van der Waals surface area contributed by atoms with Crippen molar-refractivity contribution < 1.29 is 9.13 Å². The fourth-order valence-electron chi connectivity index (χ4n) is 2.52. The average molecular weight is 279 g/mol. The molecule has 1 aromatic rings. The summed E-state index contributed by atoms with van der Waals surface area (Å²) in [6.45, 7) is 4.74. The Kier molecular flexibility index (Phi) is 6.48. The van der Waals surface area contributed by atoms with Gasteiger partial charge in [-0.05, 0) is 43.0 Å². The second kappa shape index (κ2) is 8.38. The van der Waals surface area contributed by atoms with E-state index in [0.29, 0.717) is 0 Å². The van der Waals surface area contributed by atoms with Gasteiger partial charge in [0.2, 0.25) is 0 Å². The lowest BCUT2D eigenvalue weighted by Gasteiger charge is -2.26. The zero-order chi connectivity index (χ0) is 14.2. The summed E-state index contributed by atoms with van der Waals surface area (Å²) in [6.07, 6.45) is 6.40. The van der Waals surface area contributed by atoms with Crippen LogP contribution in [0.1, 0.15) is 50.7 Å². The van der Waals surface area contributed by atoms with Gasteiger partial charge in [0.15, 0.2) is 0 Å². The number of benzene rings is 1. The minimum atomic E-state index is -0.191. The molecule has 0 heterocycles. The van der Waals surface area contributed by atoms with Crippen LogP contribution in [0.4, 0.5) is 4.39 Å².